The zero-order chi connectivity index (χ0) is 20.5. The molecular formula is C21H22FN4O2S+. The average molecular weight is 413 g/mol. The molecule has 0 spiro atoms. The highest BCUT2D eigenvalue weighted by Crippen LogP contribution is 2.42. The highest BCUT2D eigenvalue weighted by molar-refractivity contribution is 7.11. The number of thiazole rings is 1. The van der Waals surface area contributed by atoms with Crippen molar-refractivity contribution >= 4 is 29.4 Å². The summed E-state index contributed by atoms with van der Waals surface area (Å²) in [6.07, 6.45) is 4.00. The maximum absolute atomic E-state index is 13.7. The van der Waals surface area contributed by atoms with Gasteiger partial charge in [-0.3, -0.25) is 10.4 Å². The lowest BCUT2D eigenvalue weighted by molar-refractivity contribution is -0.139. The van der Waals surface area contributed by atoms with Crippen LogP contribution in [0.4, 0.5) is 4.39 Å². The number of nitrogens with two attached hydrogens (primary N) is 1. The Hall–Kier alpha value is -2.87. The molecule has 29 heavy (non-hydrogen) atoms. The number of allylic oxidation sites excluding steroid dienone is 1. The van der Waals surface area contributed by atoms with Gasteiger partial charge in [0.05, 0.1) is 18.1 Å². The van der Waals surface area contributed by atoms with Crippen LogP contribution in [0.3, 0.4) is 0 Å². The Morgan fingerprint density at radius 1 is 1.48 bits per heavy atom. The zero-order valence-corrected chi connectivity index (χ0v) is 17.1. The number of rotatable bonds is 5. The molecule has 2 N–H and O–H groups in total. The van der Waals surface area contributed by atoms with Gasteiger partial charge in [0.15, 0.2) is 10.8 Å². The van der Waals surface area contributed by atoms with Gasteiger partial charge in [0.2, 0.25) is 0 Å². The Morgan fingerprint density at radius 3 is 2.97 bits per heavy atom. The van der Waals surface area contributed by atoms with E-state index in [1.807, 2.05) is 17.2 Å². The molecule has 150 valence electrons. The van der Waals surface area contributed by atoms with Crippen LogP contribution in [-0.4, -0.2) is 41.1 Å². The molecule has 4 rings (SSSR count). The number of carbonyl (C=O) groups is 1. The number of fused-ring (bicyclic) bond motifs is 1. The van der Waals surface area contributed by atoms with Crippen molar-refractivity contribution < 1.29 is 19.3 Å². The molecule has 2 aromatic rings. The van der Waals surface area contributed by atoms with Crippen LogP contribution in [0, 0.1) is 18.7 Å². The Labute approximate surface area is 172 Å². The van der Waals surface area contributed by atoms with Gasteiger partial charge in [-0.2, -0.15) is 0 Å². The summed E-state index contributed by atoms with van der Waals surface area (Å²) in [6, 6.07) is 3.95. The summed E-state index contributed by atoms with van der Waals surface area (Å²) in [6.45, 7) is 4.49. The lowest BCUT2D eigenvalue weighted by atomic mass is 9.91. The number of amidine groups is 1. The summed E-state index contributed by atoms with van der Waals surface area (Å²) in [5.41, 5.74) is 2.85. The molecule has 0 saturated carbocycles. The summed E-state index contributed by atoms with van der Waals surface area (Å²) in [5, 5.41) is 8.50. The molecular weight excluding hydrogens is 391 g/mol. The van der Waals surface area contributed by atoms with E-state index in [0.717, 1.165) is 21.8 Å². The van der Waals surface area contributed by atoms with Crippen LogP contribution < -0.4 is 5.41 Å². The predicted octanol–water partition coefficient (Wildman–Crippen LogP) is 2.06. The third kappa shape index (κ3) is 3.48. The number of aromatic nitrogens is 1. The molecule has 0 radical (unpaired) electrons. The Morgan fingerprint density at radius 2 is 2.31 bits per heavy atom. The lowest BCUT2D eigenvalue weighted by Gasteiger charge is -2.32. The van der Waals surface area contributed by atoms with Gasteiger partial charge in [0.1, 0.15) is 18.1 Å². The number of benzene rings is 1. The maximum atomic E-state index is 13.7. The van der Waals surface area contributed by atoms with Gasteiger partial charge in [-0.05, 0) is 37.1 Å². The van der Waals surface area contributed by atoms with Crippen LogP contribution in [0.2, 0.25) is 0 Å². The molecule has 3 heterocycles. The molecule has 2 aliphatic rings. The van der Waals surface area contributed by atoms with E-state index >= 15 is 0 Å². The molecule has 2 aliphatic heterocycles. The summed E-state index contributed by atoms with van der Waals surface area (Å²) >= 11 is 1.49. The Balaban J connectivity index is 1.92. The molecule has 1 saturated heterocycles. The van der Waals surface area contributed by atoms with Crippen molar-refractivity contribution in [3.8, 4) is 0 Å². The number of carbonyl (C=O) groups excluding carboxylic acids is 1. The van der Waals surface area contributed by atoms with Gasteiger partial charge < -0.3 is 9.64 Å². The molecule has 1 aromatic carbocycles. The first-order valence-electron chi connectivity index (χ1n) is 9.50. The molecule has 2 atom stereocenters. The maximum Gasteiger partial charge on any atom is 0.338 e. The van der Waals surface area contributed by atoms with E-state index in [1.54, 1.807) is 25.4 Å². The molecule has 1 aromatic heterocycles. The van der Waals surface area contributed by atoms with Crippen molar-refractivity contribution in [2.24, 2.45) is 10.9 Å². The predicted molar refractivity (Wildman–Crippen MR) is 109 cm³/mol. The summed E-state index contributed by atoms with van der Waals surface area (Å²) in [5.74, 6) is 0.0754. The fourth-order valence-electron chi connectivity index (χ4n) is 3.89. The second kappa shape index (κ2) is 7.87. The number of halogens is 1. The number of ether oxygens (including phenoxy) is 1. The van der Waals surface area contributed by atoms with Crippen molar-refractivity contribution in [1.29, 1.82) is 0 Å². The third-order valence-electron chi connectivity index (χ3n) is 5.21. The van der Waals surface area contributed by atoms with Crippen LogP contribution in [-0.2, 0) is 9.53 Å². The van der Waals surface area contributed by atoms with E-state index in [1.165, 1.54) is 23.5 Å². The molecule has 6 nitrogen and oxygen atoms in total. The van der Waals surface area contributed by atoms with E-state index in [-0.39, 0.29) is 18.3 Å². The van der Waals surface area contributed by atoms with Gasteiger partial charge >= 0.3 is 5.97 Å². The fourth-order valence-corrected chi connectivity index (χ4v) is 4.54. The molecule has 1 fully saturated rings. The van der Waals surface area contributed by atoms with Crippen molar-refractivity contribution in [2.45, 2.75) is 26.3 Å². The van der Waals surface area contributed by atoms with E-state index in [0.29, 0.717) is 24.4 Å². The van der Waals surface area contributed by atoms with Gasteiger partial charge in [0, 0.05) is 30.2 Å². The molecule has 1 unspecified atom stereocenters. The van der Waals surface area contributed by atoms with E-state index < -0.39 is 12.0 Å². The quantitative estimate of drug-likeness (QED) is 0.601. The SMILES string of the molecule is CCOC(=O)C1=C2CC(C=[NH2+])CN2C(c2nccs2)=N[C@H]1c1ccc(F)cc1C. The van der Waals surface area contributed by atoms with Crippen molar-refractivity contribution in [3.05, 3.63) is 63.0 Å². The van der Waals surface area contributed by atoms with Gasteiger partial charge in [0.25, 0.3) is 0 Å². The number of esters is 1. The topological polar surface area (TPSA) is 80.4 Å². The molecule has 0 bridgehead atoms. The van der Waals surface area contributed by atoms with E-state index in [9.17, 15) is 9.18 Å². The standard InChI is InChI=1S/C21H21FN4O2S/c1-3-28-21(27)17-16-9-13(10-23)11-26(16)19(20-24-6-7-29-20)25-18(17)15-5-4-14(22)8-12(15)2/h4-8,10,13,18,23H,3,9,11H2,1-2H3/p+1/t13?,18-/m0/s1. The van der Waals surface area contributed by atoms with Crippen molar-refractivity contribution in [2.75, 3.05) is 13.2 Å². The zero-order valence-electron chi connectivity index (χ0n) is 16.3. The van der Waals surface area contributed by atoms with Crippen LogP contribution in [0.1, 0.15) is 35.5 Å². The first-order valence-corrected chi connectivity index (χ1v) is 10.4. The van der Waals surface area contributed by atoms with Gasteiger partial charge in [-0.25, -0.2) is 14.2 Å². The van der Waals surface area contributed by atoms with Crippen molar-refractivity contribution in [1.82, 2.24) is 9.88 Å². The number of hydrogen-bond acceptors (Lipinski definition) is 6. The molecule has 0 amide bonds. The minimum Gasteiger partial charge on any atom is -0.463 e. The summed E-state index contributed by atoms with van der Waals surface area (Å²) in [7, 11) is 0. The number of aliphatic imine (C=N–C) groups is 1. The van der Waals surface area contributed by atoms with E-state index in [4.69, 9.17) is 15.1 Å². The summed E-state index contributed by atoms with van der Waals surface area (Å²) in [4.78, 5) is 24.4. The van der Waals surface area contributed by atoms with Gasteiger partial charge in [-0.15, -0.1) is 11.3 Å². The minimum atomic E-state index is -0.587. The number of hydrogen-bond donors (Lipinski definition) is 1. The van der Waals surface area contributed by atoms with Crippen LogP contribution in [0.25, 0.3) is 0 Å². The van der Waals surface area contributed by atoms with Gasteiger partial charge in [-0.1, -0.05) is 6.07 Å². The third-order valence-corrected chi connectivity index (χ3v) is 5.98. The highest BCUT2D eigenvalue weighted by atomic mass is 32.1. The lowest BCUT2D eigenvalue weighted by Crippen LogP contribution is -2.37. The smallest absolute Gasteiger partial charge is 0.338 e. The monoisotopic (exact) mass is 413 g/mol. The average Bonchev–Trinajstić information content (AvgIpc) is 3.37. The Kier molecular flexibility index (Phi) is 5.27. The van der Waals surface area contributed by atoms with Crippen LogP contribution in [0.5, 0.6) is 0 Å². The van der Waals surface area contributed by atoms with Crippen LogP contribution >= 0.6 is 11.3 Å². The normalized spacial score (nSPS) is 21.1. The first kappa shape index (κ1) is 19.4. The minimum absolute atomic E-state index is 0.0904. The Bertz CT molecular complexity index is 1020. The highest BCUT2D eigenvalue weighted by Gasteiger charge is 2.42. The largest absolute Gasteiger partial charge is 0.463 e. The first-order chi connectivity index (χ1) is 14.0. The summed E-state index contributed by atoms with van der Waals surface area (Å²) < 4.78 is 19.1. The van der Waals surface area contributed by atoms with E-state index in [2.05, 4.69) is 4.98 Å². The van der Waals surface area contributed by atoms with Crippen LogP contribution in [0.15, 0.2) is 46.0 Å². The fraction of sp³-hybridized carbons (Fsp3) is 0.333. The molecule has 0 aliphatic carbocycles. The number of aryl methyl sites for hydroxylation is 1. The number of nitrogens with zero attached hydrogens (tertiary/aromatic N) is 3. The van der Waals surface area contributed by atoms with Crippen molar-refractivity contribution in [3.63, 3.8) is 0 Å². The second-order valence-electron chi connectivity index (χ2n) is 7.04. The second-order valence-corrected chi connectivity index (χ2v) is 7.94. The molecule has 8 heteroatoms.